The topological polar surface area (TPSA) is 38.8 Å². The summed E-state index contributed by atoms with van der Waals surface area (Å²) in [6, 6.07) is 0.0216. The number of piperidine rings is 1. The lowest BCUT2D eigenvalue weighted by Gasteiger charge is -2.36. The van der Waals surface area contributed by atoms with Crippen molar-refractivity contribution in [3.63, 3.8) is 0 Å². The molecular formula is C15H30N4O. The van der Waals surface area contributed by atoms with E-state index in [1.165, 1.54) is 25.9 Å². The maximum Gasteiger partial charge on any atom is 0.239 e. The molecule has 0 radical (unpaired) electrons. The molecular weight excluding hydrogens is 252 g/mol. The number of likely N-dealkylation sites (tertiary alicyclic amines) is 1. The van der Waals surface area contributed by atoms with Crippen molar-refractivity contribution in [2.75, 3.05) is 59.9 Å². The largest absolute Gasteiger partial charge is 0.344 e. The Morgan fingerprint density at radius 1 is 1.25 bits per heavy atom. The molecule has 5 heteroatoms. The molecule has 5 nitrogen and oxygen atoms in total. The third-order valence-electron chi connectivity index (χ3n) is 4.80. The van der Waals surface area contributed by atoms with Crippen molar-refractivity contribution < 1.29 is 4.79 Å². The number of carbonyl (C=O) groups is 1. The Balaban J connectivity index is 1.78. The van der Waals surface area contributed by atoms with Crippen molar-refractivity contribution >= 4 is 5.91 Å². The van der Waals surface area contributed by atoms with Crippen LogP contribution >= 0.6 is 0 Å². The second-order valence-electron chi connectivity index (χ2n) is 6.43. The van der Waals surface area contributed by atoms with Crippen molar-refractivity contribution in [2.24, 2.45) is 5.92 Å². The number of likely N-dealkylation sites (N-methyl/N-ethyl adjacent to an activating group) is 1. The van der Waals surface area contributed by atoms with Crippen molar-refractivity contribution in [1.29, 1.82) is 0 Å². The van der Waals surface area contributed by atoms with Crippen LogP contribution in [0.3, 0.4) is 0 Å². The molecule has 2 aliphatic heterocycles. The smallest absolute Gasteiger partial charge is 0.239 e. The minimum atomic E-state index is 0.0216. The highest BCUT2D eigenvalue weighted by atomic mass is 16.2. The van der Waals surface area contributed by atoms with E-state index in [1.807, 2.05) is 11.9 Å². The van der Waals surface area contributed by atoms with Crippen LogP contribution in [0.4, 0.5) is 0 Å². The third-order valence-corrected chi connectivity index (χ3v) is 4.80. The second-order valence-corrected chi connectivity index (χ2v) is 6.43. The molecule has 1 atom stereocenters. The fourth-order valence-corrected chi connectivity index (χ4v) is 3.27. The van der Waals surface area contributed by atoms with Crippen LogP contribution in [-0.4, -0.2) is 86.6 Å². The predicted molar refractivity (Wildman–Crippen MR) is 81.8 cm³/mol. The molecule has 2 saturated heterocycles. The quantitative estimate of drug-likeness (QED) is 0.793. The van der Waals surface area contributed by atoms with Gasteiger partial charge in [-0.1, -0.05) is 0 Å². The van der Waals surface area contributed by atoms with E-state index in [2.05, 4.69) is 29.1 Å². The Morgan fingerprint density at radius 3 is 2.45 bits per heavy atom. The summed E-state index contributed by atoms with van der Waals surface area (Å²) in [5.74, 6) is 0.959. The summed E-state index contributed by atoms with van der Waals surface area (Å²) in [6.45, 7) is 9.26. The van der Waals surface area contributed by atoms with Crippen LogP contribution in [0.5, 0.6) is 0 Å². The first-order valence-corrected chi connectivity index (χ1v) is 7.96. The van der Waals surface area contributed by atoms with Crippen molar-refractivity contribution in [1.82, 2.24) is 20.0 Å². The molecule has 0 aliphatic carbocycles. The summed E-state index contributed by atoms with van der Waals surface area (Å²) in [5, 5.41) is 3.34. The first-order valence-electron chi connectivity index (χ1n) is 7.96. The number of piperazine rings is 1. The Morgan fingerprint density at radius 2 is 1.85 bits per heavy atom. The van der Waals surface area contributed by atoms with E-state index in [9.17, 15) is 4.79 Å². The summed E-state index contributed by atoms with van der Waals surface area (Å²) < 4.78 is 0. The van der Waals surface area contributed by atoms with Gasteiger partial charge in [0.2, 0.25) is 5.91 Å². The first-order chi connectivity index (χ1) is 9.58. The molecule has 116 valence electrons. The fourth-order valence-electron chi connectivity index (χ4n) is 3.27. The van der Waals surface area contributed by atoms with Crippen LogP contribution in [0.1, 0.15) is 19.8 Å². The standard InChI is InChI=1S/C15H30N4O/c1-13(19-10-6-16-7-11-19)15(20)18(3)12-14-4-8-17(2)9-5-14/h13-14,16H,4-12H2,1-3H3. The van der Waals surface area contributed by atoms with E-state index in [-0.39, 0.29) is 11.9 Å². The fraction of sp³-hybridized carbons (Fsp3) is 0.933. The van der Waals surface area contributed by atoms with Gasteiger partial charge in [0.25, 0.3) is 0 Å². The zero-order valence-electron chi connectivity index (χ0n) is 13.3. The van der Waals surface area contributed by atoms with E-state index in [1.54, 1.807) is 0 Å². The van der Waals surface area contributed by atoms with Gasteiger partial charge in [-0.15, -0.1) is 0 Å². The Labute approximate surface area is 123 Å². The van der Waals surface area contributed by atoms with E-state index in [0.717, 1.165) is 32.7 Å². The van der Waals surface area contributed by atoms with Crippen molar-refractivity contribution in [3.05, 3.63) is 0 Å². The Bertz CT molecular complexity index is 309. The molecule has 2 rings (SSSR count). The molecule has 2 heterocycles. The van der Waals surface area contributed by atoms with Crippen LogP contribution in [0.15, 0.2) is 0 Å². The number of hydrogen-bond acceptors (Lipinski definition) is 4. The molecule has 1 N–H and O–H groups in total. The van der Waals surface area contributed by atoms with Crippen molar-refractivity contribution in [2.45, 2.75) is 25.8 Å². The van der Waals surface area contributed by atoms with Gasteiger partial charge in [0.15, 0.2) is 0 Å². The highest BCUT2D eigenvalue weighted by molar-refractivity contribution is 5.81. The van der Waals surface area contributed by atoms with Crippen LogP contribution in [0, 0.1) is 5.92 Å². The van der Waals surface area contributed by atoms with Crippen LogP contribution < -0.4 is 5.32 Å². The summed E-state index contributed by atoms with van der Waals surface area (Å²) in [7, 11) is 4.15. The molecule has 0 aromatic heterocycles. The van der Waals surface area contributed by atoms with Gasteiger partial charge in [-0.05, 0) is 45.8 Å². The average Bonchev–Trinajstić information content (AvgIpc) is 2.49. The van der Waals surface area contributed by atoms with Gasteiger partial charge in [0, 0.05) is 39.8 Å². The molecule has 2 aliphatic rings. The SMILES string of the molecule is CC(C(=O)N(C)CC1CCN(C)CC1)N1CCNCC1. The number of carbonyl (C=O) groups excluding carboxylic acids is 1. The van der Waals surface area contributed by atoms with E-state index in [0.29, 0.717) is 5.92 Å². The predicted octanol–water partition coefficient (Wildman–Crippen LogP) is 0.0803. The van der Waals surface area contributed by atoms with Gasteiger partial charge in [0.05, 0.1) is 6.04 Å². The lowest BCUT2D eigenvalue weighted by atomic mass is 9.96. The third kappa shape index (κ3) is 4.17. The monoisotopic (exact) mass is 282 g/mol. The number of hydrogen-bond donors (Lipinski definition) is 1. The van der Waals surface area contributed by atoms with Gasteiger partial charge >= 0.3 is 0 Å². The lowest BCUT2D eigenvalue weighted by molar-refractivity contribution is -0.136. The summed E-state index contributed by atoms with van der Waals surface area (Å²) in [6.07, 6.45) is 2.44. The van der Waals surface area contributed by atoms with Gasteiger partial charge in [0.1, 0.15) is 0 Å². The summed E-state index contributed by atoms with van der Waals surface area (Å²) in [4.78, 5) is 19.2. The van der Waals surface area contributed by atoms with E-state index >= 15 is 0 Å². The van der Waals surface area contributed by atoms with Crippen LogP contribution in [-0.2, 0) is 4.79 Å². The number of rotatable bonds is 4. The molecule has 1 amide bonds. The normalized spacial score (nSPS) is 24.6. The summed E-state index contributed by atoms with van der Waals surface area (Å²) >= 11 is 0. The number of nitrogens with zero attached hydrogens (tertiary/aromatic N) is 3. The Hall–Kier alpha value is -0.650. The maximum atomic E-state index is 12.5. The zero-order chi connectivity index (χ0) is 14.5. The average molecular weight is 282 g/mol. The summed E-state index contributed by atoms with van der Waals surface area (Å²) in [5.41, 5.74) is 0. The minimum absolute atomic E-state index is 0.0216. The highest BCUT2D eigenvalue weighted by Gasteiger charge is 2.27. The first kappa shape index (κ1) is 15.7. The molecule has 0 aromatic rings. The van der Waals surface area contributed by atoms with Crippen LogP contribution in [0.2, 0.25) is 0 Å². The molecule has 0 saturated carbocycles. The molecule has 2 fully saturated rings. The number of amides is 1. The molecule has 0 bridgehead atoms. The lowest BCUT2D eigenvalue weighted by Crippen LogP contribution is -2.53. The molecule has 20 heavy (non-hydrogen) atoms. The van der Waals surface area contributed by atoms with Gasteiger partial charge < -0.3 is 15.1 Å². The number of nitrogens with one attached hydrogen (secondary N) is 1. The van der Waals surface area contributed by atoms with Gasteiger partial charge in [-0.25, -0.2) is 0 Å². The van der Waals surface area contributed by atoms with Crippen molar-refractivity contribution in [3.8, 4) is 0 Å². The van der Waals surface area contributed by atoms with Gasteiger partial charge in [-0.2, -0.15) is 0 Å². The Kier molecular flexibility index (Phi) is 5.81. The minimum Gasteiger partial charge on any atom is -0.344 e. The highest BCUT2D eigenvalue weighted by Crippen LogP contribution is 2.17. The molecule has 0 spiro atoms. The zero-order valence-corrected chi connectivity index (χ0v) is 13.3. The maximum absolute atomic E-state index is 12.5. The van der Waals surface area contributed by atoms with E-state index in [4.69, 9.17) is 0 Å². The van der Waals surface area contributed by atoms with Gasteiger partial charge in [-0.3, -0.25) is 9.69 Å². The van der Waals surface area contributed by atoms with E-state index < -0.39 is 0 Å². The molecule has 0 aromatic carbocycles. The van der Waals surface area contributed by atoms with Crippen LogP contribution in [0.25, 0.3) is 0 Å². The second kappa shape index (κ2) is 7.38. The molecule has 1 unspecified atom stereocenters.